The molecule has 1 unspecified atom stereocenters. The van der Waals surface area contributed by atoms with Crippen molar-refractivity contribution in [2.24, 2.45) is 5.92 Å². The number of nitrogens with zero attached hydrogens (tertiary/aromatic N) is 1. The van der Waals surface area contributed by atoms with Gasteiger partial charge >= 0.3 is 0 Å². The lowest BCUT2D eigenvalue weighted by atomic mass is 9.74. The van der Waals surface area contributed by atoms with Gasteiger partial charge in [-0.2, -0.15) is 0 Å². The molecule has 1 aliphatic carbocycles. The van der Waals surface area contributed by atoms with Crippen LogP contribution in [0.1, 0.15) is 74.5 Å². The van der Waals surface area contributed by atoms with Crippen molar-refractivity contribution in [1.82, 2.24) is 4.90 Å². The minimum Gasteiger partial charge on any atom is -0.508 e. The molecule has 0 aromatic heterocycles. The lowest BCUT2D eigenvalue weighted by molar-refractivity contribution is 0.304. The molecule has 2 fully saturated rings. The number of hydrogen-bond donors (Lipinski definition) is 1. The molecule has 1 aliphatic heterocycles. The van der Waals surface area contributed by atoms with E-state index in [2.05, 4.69) is 53.9 Å². The van der Waals surface area contributed by atoms with E-state index in [1.54, 1.807) is 0 Å². The Morgan fingerprint density at radius 1 is 1.10 bits per heavy atom. The molecule has 4 rings (SSSR count). The SMILES string of the molecule is C=C(c1ccccc1)N1CCC(CCCC2CCCCC2)(c2ccc(O)c(C)c2)C1. The minimum absolute atomic E-state index is 0.158. The highest BCUT2D eigenvalue weighted by atomic mass is 16.3. The van der Waals surface area contributed by atoms with Crippen LogP contribution >= 0.6 is 0 Å². The summed E-state index contributed by atoms with van der Waals surface area (Å²) in [6.45, 7) is 8.53. The van der Waals surface area contributed by atoms with Gasteiger partial charge in [0.25, 0.3) is 0 Å². The van der Waals surface area contributed by atoms with E-state index in [-0.39, 0.29) is 5.41 Å². The highest BCUT2D eigenvalue weighted by Gasteiger charge is 2.40. The van der Waals surface area contributed by atoms with Crippen molar-refractivity contribution < 1.29 is 5.11 Å². The standard InChI is InChI=1S/C28H37NO/c1-22-20-26(15-16-27(22)30)28(17-9-12-24-10-5-3-6-11-24)18-19-29(21-28)23(2)25-13-7-4-8-14-25/h4,7-8,13-16,20,24,30H,2-3,5-6,9-12,17-19,21H2,1H3. The third-order valence-electron chi connectivity index (χ3n) is 7.64. The highest BCUT2D eigenvalue weighted by Crippen LogP contribution is 2.43. The Hall–Kier alpha value is -2.22. The van der Waals surface area contributed by atoms with Crippen molar-refractivity contribution >= 4 is 5.70 Å². The van der Waals surface area contributed by atoms with Gasteiger partial charge in [0.2, 0.25) is 0 Å². The summed E-state index contributed by atoms with van der Waals surface area (Å²) in [6, 6.07) is 16.9. The molecule has 1 saturated heterocycles. The Morgan fingerprint density at radius 2 is 1.87 bits per heavy atom. The summed E-state index contributed by atoms with van der Waals surface area (Å²) in [5.74, 6) is 1.34. The summed E-state index contributed by atoms with van der Waals surface area (Å²) in [5, 5.41) is 10.1. The van der Waals surface area contributed by atoms with Crippen LogP contribution in [-0.2, 0) is 5.41 Å². The van der Waals surface area contributed by atoms with E-state index in [0.29, 0.717) is 5.75 Å². The first-order chi connectivity index (χ1) is 14.6. The van der Waals surface area contributed by atoms with E-state index in [1.165, 1.54) is 62.5 Å². The molecule has 160 valence electrons. The molecule has 2 heteroatoms. The van der Waals surface area contributed by atoms with Gasteiger partial charge in [-0.3, -0.25) is 0 Å². The van der Waals surface area contributed by atoms with Gasteiger partial charge in [-0.25, -0.2) is 0 Å². The Kier molecular flexibility index (Phi) is 6.51. The third kappa shape index (κ3) is 4.58. The number of hydrogen-bond acceptors (Lipinski definition) is 2. The molecule has 2 aliphatic rings. The summed E-state index contributed by atoms with van der Waals surface area (Å²) in [5.41, 5.74) is 4.90. The average molecular weight is 404 g/mol. The van der Waals surface area contributed by atoms with Crippen LogP contribution in [0.5, 0.6) is 5.75 Å². The maximum atomic E-state index is 10.1. The molecule has 0 amide bonds. The van der Waals surface area contributed by atoms with Crippen molar-refractivity contribution in [2.75, 3.05) is 13.1 Å². The maximum Gasteiger partial charge on any atom is 0.118 e. The average Bonchev–Trinajstić information content (AvgIpc) is 3.22. The predicted molar refractivity (Wildman–Crippen MR) is 127 cm³/mol. The van der Waals surface area contributed by atoms with Crippen LogP contribution in [0.4, 0.5) is 0 Å². The summed E-state index contributed by atoms with van der Waals surface area (Å²) >= 11 is 0. The topological polar surface area (TPSA) is 23.5 Å². The molecule has 1 saturated carbocycles. The molecule has 2 aromatic rings. The van der Waals surface area contributed by atoms with E-state index in [4.69, 9.17) is 0 Å². The van der Waals surface area contributed by atoms with Gasteiger partial charge in [0.05, 0.1) is 0 Å². The van der Waals surface area contributed by atoms with Crippen molar-refractivity contribution in [3.05, 3.63) is 71.8 Å². The zero-order valence-corrected chi connectivity index (χ0v) is 18.6. The van der Waals surface area contributed by atoms with Gasteiger partial charge in [0.15, 0.2) is 0 Å². The Bertz CT molecular complexity index is 852. The van der Waals surface area contributed by atoms with Crippen LogP contribution in [0, 0.1) is 12.8 Å². The first kappa shape index (κ1) is 21.0. The van der Waals surface area contributed by atoms with Gasteiger partial charge in [-0.1, -0.05) is 94.0 Å². The number of aromatic hydroxyl groups is 1. The molecule has 1 atom stereocenters. The van der Waals surface area contributed by atoms with Gasteiger partial charge in [-0.15, -0.1) is 0 Å². The first-order valence-electron chi connectivity index (χ1n) is 11.9. The Morgan fingerprint density at radius 3 is 2.60 bits per heavy atom. The van der Waals surface area contributed by atoms with Crippen molar-refractivity contribution in [1.29, 1.82) is 0 Å². The minimum atomic E-state index is 0.158. The van der Waals surface area contributed by atoms with Crippen LogP contribution in [0.2, 0.25) is 0 Å². The van der Waals surface area contributed by atoms with Crippen molar-refractivity contribution in [3.63, 3.8) is 0 Å². The normalized spacial score (nSPS) is 22.4. The molecular weight excluding hydrogens is 366 g/mol. The van der Waals surface area contributed by atoms with Crippen molar-refractivity contribution in [2.45, 2.75) is 70.1 Å². The number of phenolic OH excluding ortho intramolecular Hbond substituents is 1. The van der Waals surface area contributed by atoms with Crippen LogP contribution in [0.3, 0.4) is 0 Å². The second-order valence-electron chi connectivity index (χ2n) is 9.66. The monoisotopic (exact) mass is 403 g/mol. The van der Waals surface area contributed by atoms with Gasteiger partial charge < -0.3 is 10.0 Å². The molecule has 0 bridgehead atoms. The zero-order chi connectivity index (χ0) is 21.0. The van der Waals surface area contributed by atoms with E-state index in [1.807, 2.05) is 13.0 Å². The molecule has 0 radical (unpaired) electrons. The van der Waals surface area contributed by atoms with Gasteiger partial charge in [0.1, 0.15) is 5.75 Å². The second-order valence-corrected chi connectivity index (χ2v) is 9.66. The number of benzene rings is 2. The predicted octanol–water partition coefficient (Wildman–Crippen LogP) is 7.07. The summed E-state index contributed by atoms with van der Waals surface area (Å²) < 4.78 is 0. The fourth-order valence-electron chi connectivity index (χ4n) is 5.69. The van der Waals surface area contributed by atoms with E-state index >= 15 is 0 Å². The first-order valence-corrected chi connectivity index (χ1v) is 11.9. The van der Waals surface area contributed by atoms with Crippen LogP contribution in [-0.4, -0.2) is 23.1 Å². The fourth-order valence-corrected chi connectivity index (χ4v) is 5.69. The quantitative estimate of drug-likeness (QED) is 0.534. The fraction of sp³-hybridized carbons (Fsp3) is 0.500. The van der Waals surface area contributed by atoms with Crippen LogP contribution in [0.15, 0.2) is 55.1 Å². The molecular formula is C28H37NO. The Balaban J connectivity index is 1.51. The smallest absolute Gasteiger partial charge is 0.118 e. The largest absolute Gasteiger partial charge is 0.508 e. The number of aryl methyl sites for hydroxylation is 1. The summed E-state index contributed by atoms with van der Waals surface area (Å²) in [6.07, 6.45) is 12.2. The molecule has 2 nitrogen and oxygen atoms in total. The second kappa shape index (κ2) is 9.29. The molecule has 30 heavy (non-hydrogen) atoms. The van der Waals surface area contributed by atoms with Crippen LogP contribution < -0.4 is 0 Å². The number of likely N-dealkylation sites (tertiary alicyclic amines) is 1. The molecule has 0 spiro atoms. The highest BCUT2D eigenvalue weighted by molar-refractivity contribution is 5.62. The van der Waals surface area contributed by atoms with Crippen LogP contribution in [0.25, 0.3) is 5.70 Å². The van der Waals surface area contributed by atoms with E-state index in [0.717, 1.165) is 36.7 Å². The lowest BCUT2D eigenvalue weighted by Crippen LogP contribution is -2.31. The van der Waals surface area contributed by atoms with E-state index in [9.17, 15) is 5.11 Å². The molecule has 2 aromatic carbocycles. The Labute approximate surface area is 182 Å². The molecule has 1 N–H and O–H groups in total. The maximum absolute atomic E-state index is 10.1. The zero-order valence-electron chi connectivity index (χ0n) is 18.6. The summed E-state index contributed by atoms with van der Waals surface area (Å²) in [7, 11) is 0. The summed E-state index contributed by atoms with van der Waals surface area (Å²) in [4.78, 5) is 2.48. The van der Waals surface area contributed by atoms with Gasteiger partial charge in [0, 0.05) is 24.2 Å². The van der Waals surface area contributed by atoms with Crippen molar-refractivity contribution in [3.8, 4) is 5.75 Å². The number of phenols is 1. The van der Waals surface area contributed by atoms with E-state index < -0.39 is 0 Å². The van der Waals surface area contributed by atoms with Gasteiger partial charge in [-0.05, 0) is 48.4 Å². The molecule has 1 heterocycles. The lowest BCUT2D eigenvalue weighted by Gasteiger charge is -2.32. The third-order valence-corrected chi connectivity index (χ3v) is 7.64. The number of rotatable bonds is 7.